The molecule has 0 fully saturated rings. The first kappa shape index (κ1) is 18.7. The summed E-state index contributed by atoms with van der Waals surface area (Å²) in [5.41, 5.74) is 0.886. The van der Waals surface area contributed by atoms with E-state index in [1.807, 2.05) is 0 Å². The maximum atomic E-state index is 12.5. The number of nitrogens with one attached hydrogen (secondary N) is 2. The summed E-state index contributed by atoms with van der Waals surface area (Å²) in [5, 5.41) is 5.49. The van der Waals surface area contributed by atoms with Gasteiger partial charge in [-0.2, -0.15) is 0 Å². The van der Waals surface area contributed by atoms with E-state index < -0.39 is 5.91 Å². The predicted molar refractivity (Wildman–Crippen MR) is 98.4 cm³/mol. The van der Waals surface area contributed by atoms with Crippen LogP contribution in [-0.2, 0) is 4.74 Å². The van der Waals surface area contributed by atoms with Crippen LogP contribution in [0.4, 0.5) is 5.69 Å². The first-order valence-corrected chi connectivity index (χ1v) is 8.62. The highest BCUT2D eigenvalue weighted by Gasteiger charge is 2.15. The molecule has 0 atom stereocenters. The molecule has 0 radical (unpaired) electrons. The Hall–Kier alpha value is -3.13. The number of amides is 2. The number of ether oxygens (including phenoxy) is 3. The van der Waals surface area contributed by atoms with Crippen molar-refractivity contribution < 1.29 is 23.8 Å². The molecule has 2 aromatic rings. The Morgan fingerprint density at radius 3 is 2.59 bits per heavy atom. The van der Waals surface area contributed by atoms with Gasteiger partial charge in [0.05, 0.1) is 0 Å². The highest BCUT2D eigenvalue weighted by atomic mass is 16.6. The molecule has 2 heterocycles. The third kappa shape index (κ3) is 4.95. The number of carbonyl (C=O) groups excluding carboxylic acids is 2. The summed E-state index contributed by atoms with van der Waals surface area (Å²) in [7, 11) is 1.60. The highest BCUT2D eigenvalue weighted by molar-refractivity contribution is 6.04. The first-order chi connectivity index (χ1) is 13.2. The van der Waals surface area contributed by atoms with Crippen LogP contribution in [0.5, 0.6) is 11.5 Å². The molecule has 0 bridgehead atoms. The van der Waals surface area contributed by atoms with Crippen LogP contribution >= 0.6 is 0 Å². The number of nitrogens with zero attached hydrogens (tertiary/aromatic N) is 1. The van der Waals surface area contributed by atoms with Gasteiger partial charge in [0.15, 0.2) is 11.5 Å². The Labute approximate surface area is 156 Å². The van der Waals surface area contributed by atoms with Gasteiger partial charge in [-0.1, -0.05) is 6.07 Å². The van der Waals surface area contributed by atoms with E-state index in [1.54, 1.807) is 43.5 Å². The molecule has 8 heteroatoms. The van der Waals surface area contributed by atoms with Gasteiger partial charge in [0.25, 0.3) is 11.8 Å². The van der Waals surface area contributed by atoms with Gasteiger partial charge in [0.1, 0.15) is 24.6 Å². The Morgan fingerprint density at radius 1 is 1.07 bits per heavy atom. The lowest BCUT2D eigenvalue weighted by molar-refractivity contribution is 0.0943. The van der Waals surface area contributed by atoms with Crippen LogP contribution in [0.2, 0.25) is 0 Å². The Kier molecular flexibility index (Phi) is 6.22. The largest absolute Gasteiger partial charge is 0.486 e. The summed E-state index contributed by atoms with van der Waals surface area (Å²) in [5.74, 6) is 0.474. The van der Waals surface area contributed by atoms with E-state index in [4.69, 9.17) is 14.2 Å². The Bertz CT molecular complexity index is 825. The van der Waals surface area contributed by atoms with Gasteiger partial charge >= 0.3 is 0 Å². The third-order valence-electron chi connectivity index (χ3n) is 3.83. The molecule has 27 heavy (non-hydrogen) atoms. The molecule has 1 aliphatic rings. The summed E-state index contributed by atoms with van der Waals surface area (Å²) in [6.45, 7) is 2.00. The van der Waals surface area contributed by atoms with Crippen molar-refractivity contribution in [2.45, 2.75) is 6.42 Å². The quantitative estimate of drug-likeness (QED) is 0.721. The third-order valence-corrected chi connectivity index (χ3v) is 3.83. The number of fused-ring (bicyclic) bond motifs is 1. The van der Waals surface area contributed by atoms with Crippen LogP contribution in [0, 0.1) is 0 Å². The minimum Gasteiger partial charge on any atom is -0.486 e. The molecule has 3 rings (SSSR count). The van der Waals surface area contributed by atoms with Gasteiger partial charge in [0.2, 0.25) is 0 Å². The number of methoxy groups -OCH3 is 1. The molecule has 8 nitrogen and oxygen atoms in total. The van der Waals surface area contributed by atoms with Gasteiger partial charge in [-0.25, -0.2) is 4.98 Å². The smallest absolute Gasteiger partial charge is 0.274 e. The monoisotopic (exact) mass is 371 g/mol. The van der Waals surface area contributed by atoms with E-state index in [0.29, 0.717) is 50.0 Å². The topological polar surface area (TPSA) is 98.8 Å². The van der Waals surface area contributed by atoms with Gasteiger partial charge in [-0.15, -0.1) is 0 Å². The zero-order valence-corrected chi connectivity index (χ0v) is 15.0. The molecule has 2 N–H and O–H groups in total. The normalized spacial score (nSPS) is 12.3. The first-order valence-electron chi connectivity index (χ1n) is 8.62. The molecule has 1 aliphatic heterocycles. The molecule has 1 aromatic carbocycles. The molecule has 0 saturated carbocycles. The van der Waals surface area contributed by atoms with Gasteiger partial charge in [0, 0.05) is 32.0 Å². The zero-order chi connectivity index (χ0) is 19.1. The number of hydrogen-bond donors (Lipinski definition) is 2. The van der Waals surface area contributed by atoms with Crippen LogP contribution in [0.1, 0.15) is 27.4 Å². The van der Waals surface area contributed by atoms with E-state index in [0.717, 1.165) is 0 Å². The second-order valence-electron chi connectivity index (χ2n) is 5.82. The lowest BCUT2D eigenvalue weighted by atomic mass is 10.2. The average Bonchev–Trinajstić information content (AvgIpc) is 2.71. The average molecular weight is 371 g/mol. The van der Waals surface area contributed by atoms with Crippen molar-refractivity contribution in [3.63, 3.8) is 0 Å². The van der Waals surface area contributed by atoms with Crippen molar-refractivity contribution in [3.8, 4) is 11.5 Å². The van der Waals surface area contributed by atoms with Crippen LogP contribution in [0.3, 0.4) is 0 Å². The minimum atomic E-state index is -0.416. The van der Waals surface area contributed by atoms with Crippen molar-refractivity contribution in [2.24, 2.45) is 0 Å². The molecule has 2 amide bonds. The summed E-state index contributed by atoms with van der Waals surface area (Å²) in [4.78, 5) is 28.7. The van der Waals surface area contributed by atoms with Crippen molar-refractivity contribution in [1.82, 2.24) is 10.3 Å². The molecular formula is C19H21N3O5. The second kappa shape index (κ2) is 9.00. The molecule has 0 saturated heterocycles. The van der Waals surface area contributed by atoms with Crippen molar-refractivity contribution >= 4 is 17.5 Å². The van der Waals surface area contributed by atoms with E-state index in [-0.39, 0.29) is 17.3 Å². The second-order valence-corrected chi connectivity index (χ2v) is 5.82. The summed E-state index contributed by atoms with van der Waals surface area (Å²) in [6, 6.07) is 9.88. The molecule has 1 aromatic heterocycles. The molecular weight excluding hydrogens is 350 g/mol. The maximum absolute atomic E-state index is 12.5. The van der Waals surface area contributed by atoms with Crippen molar-refractivity contribution in [2.75, 3.05) is 38.8 Å². The van der Waals surface area contributed by atoms with Gasteiger partial charge in [-0.05, 0) is 30.7 Å². The van der Waals surface area contributed by atoms with E-state index in [2.05, 4.69) is 15.6 Å². The molecule has 0 spiro atoms. The van der Waals surface area contributed by atoms with Crippen LogP contribution < -0.4 is 20.1 Å². The number of benzene rings is 1. The zero-order valence-electron chi connectivity index (χ0n) is 15.0. The van der Waals surface area contributed by atoms with Crippen molar-refractivity contribution in [1.29, 1.82) is 0 Å². The number of aromatic nitrogens is 1. The number of rotatable bonds is 7. The summed E-state index contributed by atoms with van der Waals surface area (Å²) in [6.07, 6.45) is 0.701. The number of anilines is 1. The summed E-state index contributed by atoms with van der Waals surface area (Å²) < 4.78 is 15.9. The molecule has 142 valence electrons. The fourth-order valence-corrected chi connectivity index (χ4v) is 2.51. The summed E-state index contributed by atoms with van der Waals surface area (Å²) >= 11 is 0. The minimum absolute atomic E-state index is 0.148. The van der Waals surface area contributed by atoms with Crippen molar-refractivity contribution in [3.05, 3.63) is 47.8 Å². The van der Waals surface area contributed by atoms with Crippen LogP contribution in [0.15, 0.2) is 36.4 Å². The number of hydrogen-bond acceptors (Lipinski definition) is 6. The number of pyridine rings is 1. The van der Waals surface area contributed by atoms with Crippen LogP contribution in [0.25, 0.3) is 0 Å². The number of carbonyl (C=O) groups is 2. The maximum Gasteiger partial charge on any atom is 0.274 e. The van der Waals surface area contributed by atoms with Gasteiger partial charge in [-0.3, -0.25) is 9.59 Å². The lowest BCUT2D eigenvalue weighted by Crippen LogP contribution is -2.27. The predicted octanol–water partition coefficient (Wildman–Crippen LogP) is 1.87. The lowest BCUT2D eigenvalue weighted by Gasteiger charge is -2.19. The van der Waals surface area contributed by atoms with Gasteiger partial charge < -0.3 is 24.8 Å². The Balaban J connectivity index is 1.64. The molecule has 0 unspecified atom stereocenters. The SMILES string of the molecule is COCCCNC(=O)c1cccc(C(=O)Nc2ccc3c(c2)OCCO3)n1. The van der Waals surface area contributed by atoms with E-state index in [9.17, 15) is 9.59 Å². The fraction of sp³-hybridized carbons (Fsp3) is 0.316. The highest BCUT2D eigenvalue weighted by Crippen LogP contribution is 2.32. The Morgan fingerprint density at radius 2 is 1.81 bits per heavy atom. The fourth-order valence-electron chi connectivity index (χ4n) is 2.51. The van der Waals surface area contributed by atoms with E-state index >= 15 is 0 Å². The molecule has 0 aliphatic carbocycles. The standard InChI is InChI=1S/C19H21N3O5/c1-25-9-3-8-20-18(23)14-4-2-5-15(22-14)19(24)21-13-6-7-16-17(12-13)27-11-10-26-16/h2,4-7,12H,3,8-11H2,1H3,(H,20,23)(H,21,24). The van der Waals surface area contributed by atoms with E-state index in [1.165, 1.54) is 0 Å². The van der Waals surface area contributed by atoms with Crippen LogP contribution in [-0.4, -0.2) is 50.3 Å².